The van der Waals surface area contributed by atoms with Gasteiger partial charge in [-0.2, -0.15) is 0 Å². The lowest BCUT2D eigenvalue weighted by Gasteiger charge is -1.98. The average Bonchev–Trinajstić information content (AvgIpc) is 2.64. The van der Waals surface area contributed by atoms with Gasteiger partial charge in [-0.25, -0.2) is 14.8 Å². The number of aromatic amines is 1. The van der Waals surface area contributed by atoms with E-state index in [0.717, 1.165) is 5.39 Å². The summed E-state index contributed by atoms with van der Waals surface area (Å²) in [6.07, 6.45) is 1.73. The normalized spacial score (nSPS) is 10.4. The van der Waals surface area contributed by atoms with Crippen LogP contribution >= 0.6 is 15.9 Å². The molecule has 0 saturated carbocycles. The summed E-state index contributed by atoms with van der Waals surface area (Å²) in [4.78, 5) is 22.0. The second-order valence-corrected chi connectivity index (χ2v) is 3.32. The van der Waals surface area contributed by atoms with Crippen molar-refractivity contribution in [2.45, 2.75) is 0 Å². The molecule has 0 atom stereocenters. The van der Waals surface area contributed by atoms with Crippen molar-refractivity contribution in [3.63, 3.8) is 0 Å². The Morgan fingerprint density at radius 1 is 1.57 bits per heavy atom. The molecule has 5 nitrogen and oxygen atoms in total. The van der Waals surface area contributed by atoms with E-state index in [1.54, 1.807) is 6.20 Å². The van der Waals surface area contributed by atoms with Gasteiger partial charge in [-0.05, 0) is 22.0 Å². The summed E-state index contributed by atoms with van der Waals surface area (Å²) in [6.45, 7) is 0. The second kappa shape index (κ2) is 3.38. The fourth-order valence-corrected chi connectivity index (χ4v) is 1.57. The van der Waals surface area contributed by atoms with E-state index in [1.165, 1.54) is 7.11 Å². The molecule has 0 bridgehead atoms. The Kier molecular flexibility index (Phi) is 2.20. The number of fused-ring (bicyclic) bond motifs is 1. The minimum Gasteiger partial charge on any atom is -0.463 e. The molecule has 0 aliphatic heterocycles. The standard InChI is InChI=1S/C8H6BrN3O2/c1-14-8(13)7-11-5(9)4-2-3-10-6(4)12-7/h2-3H,1H3,(H,10,11,12). The van der Waals surface area contributed by atoms with Crippen LogP contribution in [0, 0.1) is 0 Å². The number of ether oxygens (including phenoxy) is 1. The van der Waals surface area contributed by atoms with Crippen LogP contribution in [0.25, 0.3) is 11.0 Å². The fourth-order valence-electron chi connectivity index (χ4n) is 1.09. The molecule has 2 aromatic rings. The zero-order chi connectivity index (χ0) is 10.1. The van der Waals surface area contributed by atoms with E-state index in [-0.39, 0.29) is 5.82 Å². The van der Waals surface area contributed by atoms with E-state index in [2.05, 4.69) is 35.6 Å². The first-order chi connectivity index (χ1) is 6.72. The second-order valence-electron chi connectivity index (χ2n) is 2.57. The van der Waals surface area contributed by atoms with Crippen molar-refractivity contribution in [3.8, 4) is 0 Å². The van der Waals surface area contributed by atoms with Crippen molar-refractivity contribution in [3.05, 3.63) is 22.7 Å². The smallest absolute Gasteiger partial charge is 0.376 e. The Balaban J connectivity index is 2.64. The quantitative estimate of drug-likeness (QED) is 0.620. The molecule has 72 valence electrons. The molecule has 0 unspecified atom stereocenters. The highest BCUT2D eigenvalue weighted by Crippen LogP contribution is 2.19. The molecule has 0 aromatic carbocycles. The molecular weight excluding hydrogens is 250 g/mol. The molecule has 0 spiro atoms. The number of nitrogens with one attached hydrogen (secondary N) is 1. The van der Waals surface area contributed by atoms with E-state index in [4.69, 9.17) is 0 Å². The van der Waals surface area contributed by atoms with Gasteiger partial charge in [0.05, 0.1) is 12.5 Å². The summed E-state index contributed by atoms with van der Waals surface area (Å²) in [5.74, 6) is -0.517. The number of rotatable bonds is 1. The molecule has 0 aliphatic rings. The van der Waals surface area contributed by atoms with Gasteiger partial charge in [-0.15, -0.1) is 0 Å². The van der Waals surface area contributed by atoms with Gasteiger partial charge in [0.15, 0.2) is 0 Å². The highest BCUT2D eigenvalue weighted by molar-refractivity contribution is 9.10. The van der Waals surface area contributed by atoms with Gasteiger partial charge >= 0.3 is 5.97 Å². The Bertz CT molecular complexity index is 494. The number of methoxy groups -OCH3 is 1. The topological polar surface area (TPSA) is 67.9 Å². The number of carbonyl (C=O) groups is 1. The van der Waals surface area contributed by atoms with E-state index in [0.29, 0.717) is 10.3 Å². The minimum absolute atomic E-state index is 0.0364. The molecule has 6 heteroatoms. The molecule has 0 amide bonds. The number of hydrogen-bond donors (Lipinski definition) is 1. The molecule has 0 aliphatic carbocycles. The number of esters is 1. The van der Waals surface area contributed by atoms with Crippen LogP contribution in [-0.4, -0.2) is 28.0 Å². The first-order valence-electron chi connectivity index (χ1n) is 3.81. The first-order valence-corrected chi connectivity index (χ1v) is 4.60. The van der Waals surface area contributed by atoms with E-state index >= 15 is 0 Å². The summed E-state index contributed by atoms with van der Waals surface area (Å²) >= 11 is 3.25. The maximum absolute atomic E-state index is 11.1. The van der Waals surface area contributed by atoms with E-state index in [1.807, 2.05) is 6.07 Å². The largest absolute Gasteiger partial charge is 0.463 e. The number of hydrogen-bond acceptors (Lipinski definition) is 4. The first kappa shape index (κ1) is 9.14. The summed E-state index contributed by atoms with van der Waals surface area (Å²) in [6, 6.07) is 1.82. The summed E-state index contributed by atoms with van der Waals surface area (Å²) in [5.41, 5.74) is 0.604. The monoisotopic (exact) mass is 255 g/mol. The lowest BCUT2D eigenvalue weighted by molar-refractivity contribution is 0.0587. The Labute approximate surface area is 87.6 Å². The number of nitrogens with zero attached hydrogens (tertiary/aromatic N) is 2. The van der Waals surface area contributed by atoms with Crippen molar-refractivity contribution in [2.75, 3.05) is 7.11 Å². The zero-order valence-electron chi connectivity index (χ0n) is 7.24. The van der Waals surface area contributed by atoms with Gasteiger partial charge in [0.2, 0.25) is 5.82 Å². The number of aromatic nitrogens is 3. The van der Waals surface area contributed by atoms with Gasteiger partial charge in [0.1, 0.15) is 10.3 Å². The zero-order valence-corrected chi connectivity index (χ0v) is 8.83. The third-order valence-electron chi connectivity index (χ3n) is 1.74. The van der Waals surface area contributed by atoms with Gasteiger partial charge in [-0.3, -0.25) is 0 Å². The Hall–Kier alpha value is -1.43. The summed E-state index contributed by atoms with van der Waals surface area (Å²) in [5, 5.41) is 0.831. The summed E-state index contributed by atoms with van der Waals surface area (Å²) in [7, 11) is 1.29. The van der Waals surface area contributed by atoms with Crippen LogP contribution in [0.4, 0.5) is 0 Å². The van der Waals surface area contributed by atoms with Crippen molar-refractivity contribution in [2.24, 2.45) is 0 Å². The van der Waals surface area contributed by atoms with Crippen LogP contribution in [0.5, 0.6) is 0 Å². The lowest BCUT2D eigenvalue weighted by Crippen LogP contribution is -2.07. The Morgan fingerprint density at radius 3 is 3.07 bits per heavy atom. The lowest BCUT2D eigenvalue weighted by atomic mass is 10.4. The van der Waals surface area contributed by atoms with Crippen molar-refractivity contribution < 1.29 is 9.53 Å². The predicted molar refractivity (Wildman–Crippen MR) is 52.9 cm³/mol. The van der Waals surface area contributed by atoms with Crippen LogP contribution in [0.3, 0.4) is 0 Å². The molecule has 1 N–H and O–H groups in total. The van der Waals surface area contributed by atoms with Crippen molar-refractivity contribution >= 4 is 32.9 Å². The van der Waals surface area contributed by atoms with Gasteiger partial charge in [0, 0.05) is 6.20 Å². The highest BCUT2D eigenvalue weighted by Gasteiger charge is 2.13. The fraction of sp³-hybridized carbons (Fsp3) is 0.125. The van der Waals surface area contributed by atoms with Crippen LogP contribution in [0.15, 0.2) is 16.9 Å². The van der Waals surface area contributed by atoms with Gasteiger partial charge < -0.3 is 9.72 Å². The molecule has 0 radical (unpaired) electrons. The third kappa shape index (κ3) is 1.37. The Morgan fingerprint density at radius 2 is 2.36 bits per heavy atom. The maximum Gasteiger partial charge on any atom is 0.376 e. The van der Waals surface area contributed by atoms with Crippen LogP contribution in [0.1, 0.15) is 10.6 Å². The SMILES string of the molecule is COC(=O)c1nc(Br)c2cc[nH]c2n1. The molecule has 2 aromatic heterocycles. The molecule has 2 rings (SSSR count). The van der Waals surface area contributed by atoms with Crippen molar-refractivity contribution in [1.82, 2.24) is 15.0 Å². The van der Waals surface area contributed by atoms with Crippen LogP contribution in [-0.2, 0) is 4.74 Å². The summed E-state index contributed by atoms with van der Waals surface area (Å²) < 4.78 is 5.09. The van der Waals surface area contributed by atoms with E-state index in [9.17, 15) is 4.79 Å². The maximum atomic E-state index is 11.1. The van der Waals surface area contributed by atoms with Gasteiger partial charge in [-0.1, -0.05) is 0 Å². The minimum atomic E-state index is -0.554. The predicted octanol–water partition coefficient (Wildman–Crippen LogP) is 1.51. The molecule has 0 saturated heterocycles. The van der Waals surface area contributed by atoms with E-state index < -0.39 is 5.97 Å². The molecule has 14 heavy (non-hydrogen) atoms. The van der Waals surface area contributed by atoms with Crippen molar-refractivity contribution in [1.29, 1.82) is 0 Å². The average molecular weight is 256 g/mol. The third-order valence-corrected chi connectivity index (χ3v) is 2.34. The highest BCUT2D eigenvalue weighted by atomic mass is 79.9. The number of carbonyl (C=O) groups excluding carboxylic acids is 1. The number of halogens is 1. The molecule has 0 fully saturated rings. The number of H-pyrrole nitrogens is 1. The van der Waals surface area contributed by atoms with Crippen LogP contribution in [0.2, 0.25) is 0 Å². The van der Waals surface area contributed by atoms with Gasteiger partial charge in [0.25, 0.3) is 0 Å². The van der Waals surface area contributed by atoms with Crippen LogP contribution < -0.4 is 0 Å². The molecule has 2 heterocycles. The molecular formula is C8H6BrN3O2.